The third-order valence-corrected chi connectivity index (χ3v) is 10.7. The Kier molecular flexibility index (Phi) is 55.6. The van der Waals surface area contributed by atoms with Crippen molar-refractivity contribution in [1.82, 2.24) is 0 Å². The maximum atomic E-state index is 11.2. The average Bonchev–Trinajstić information content (AvgIpc) is 3.18. The smallest absolute Gasteiger partial charge is 0.542 e. The molecule has 0 saturated carbocycles. The Morgan fingerprint density at radius 1 is 0.355 bits per heavy atom. The van der Waals surface area contributed by atoms with Gasteiger partial charge >= 0.3 is 97.8 Å². The molecular formula is C36H56Ba2N4O16S4. The summed E-state index contributed by atoms with van der Waals surface area (Å²) in [5.74, 6) is -7.72. The van der Waals surface area contributed by atoms with E-state index in [-0.39, 0.29) is 97.8 Å². The van der Waals surface area contributed by atoms with Gasteiger partial charge in [0.25, 0.3) is 0 Å². The molecule has 0 rings (SSSR count). The molecule has 0 aliphatic carbocycles. The minimum atomic E-state index is -1.83. The molecule has 0 radical (unpaired) electrons. The predicted molar refractivity (Wildman–Crippen MR) is 232 cm³/mol. The molecule has 0 spiro atoms. The van der Waals surface area contributed by atoms with Crippen molar-refractivity contribution in [3.05, 3.63) is 0 Å². The first-order valence-electron chi connectivity index (χ1n) is 18.4. The number of ketones is 8. The summed E-state index contributed by atoms with van der Waals surface area (Å²) in [4.78, 5) is 128. The summed E-state index contributed by atoms with van der Waals surface area (Å²) in [6, 6.07) is -3.03. The second-order valence-corrected chi connectivity index (χ2v) is 17.4. The van der Waals surface area contributed by atoms with Crippen molar-refractivity contribution >= 4 is 215 Å². The number of carbonyl (C=O) groups is 12. The number of carboxylic acids is 4. The zero-order chi connectivity index (χ0) is 47.4. The average molecular weight is 1200 g/mol. The Labute approximate surface area is 459 Å². The molecule has 0 aliphatic rings. The molecule has 62 heavy (non-hydrogen) atoms. The number of hydrogen-bond acceptors (Lipinski definition) is 24. The van der Waals surface area contributed by atoms with Crippen molar-refractivity contribution in [1.29, 1.82) is 0 Å². The molecule has 0 heterocycles. The number of thioether (sulfide) groups is 4. The van der Waals surface area contributed by atoms with Crippen molar-refractivity contribution in [3.63, 3.8) is 0 Å². The van der Waals surface area contributed by atoms with Crippen molar-refractivity contribution in [3.8, 4) is 0 Å². The summed E-state index contributed by atoms with van der Waals surface area (Å²) < 4.78 is 0. The van der Waals surface area contributed by atoms with Gasteiger partial charge in [-0.25, -0.2) is 0 Å². The van der Waals surface area contributed by atoms with Crippen LogP contribution < -0.4 is 43.4 Å². The molecule has 26 heteroatoms. The Hall–Kier alpha value is -0.377. The third-order valence-electron chi connectivity index (χ3n) is 7.01. The number of nitrogens with two attached hydrogens (primary N) is 4. The second kappa shape index (κ2) is 47.1. The minimum absolute atomic E-state index is 0. The van der Waals surface area contributed by atoms with Crippen LogP contribution in [0.4, 0.5) is 0 Å². The molecule has 344 valence electrons. The number of Topliss-reactive ketones (excluding diaryl/α,β-unsaturated/α-hetero) is 8. The van der Waals surface area contributed by atoms with E-state index in [1.807, 2.05) is 27.7 Å². The van der Waals surface area contributed by atoms with Gasteiger partial charge in [-0.3, -0.25) is 38.4 Å². The largest absolute Gasteiger partial charge is 2.00 e. The molecule has 0 fully saturated rings. The van der Waals surface area contributed by atoms with Crippen molar-refractivity contribution in [2.24, 2.45) is 22.9 Å². The van der Waals surface area contributed by atoms with E-state index in [2.05, 4.69) is 0 Å². The van der Waals surface area contributed by atoms with Crippen LogP contribution >= 0.6 is 47.0 Å². The van der Waals surface area contributed by atoms with Gasteiger partial charge in [0.2, 0.25) is 0 Å². The van der Waals surface area contributed by atoms with Gasteiger partial charge < -0.3 is 62.5 Å². The van der Waals surface area contributed by atoms with E-state index in [4.69, 9.17) is 22.9 Å². The molecule has 0 amide bonds. The number of carboxylic acid groups (broad SMARTS) is 4. The molecule has 8 N–H and O–H groups in total. The van der Waals surface area contributed by atoms with Crippen LogP contribution in [0.5, 0.6) is 0 Å². The molecule has 20 nitrogen and oxygen atoms in total. The topological polar surface area (TPSA) is 401 Å². The third kappa shape index (κ3) is 44.8. The second-order valence-electron chi connectivity index (χ2n) is 11.8. The first-order chi connectivity index (χ1) is 27.9. The van der Waals surface area contributed by atoms with Gasteiger partial charge in [0, 0.05) is 0 Å². The van der Waals surface area contributed by atoms with Crippen molar-refractivity contribution in [2.45, 2.75) is 103 Å². The van der Waals surface area contributed by atoms with Gasteiger partial charge in [0.05, 0.1) is 49.9 Å². The van der Waals surface area contributed by atoms with Crippen LogP contribution in [0.15, 0.2) is 0 Å². The van der Waals surface area contributed by atoms with E-state index >= 15 is 0 Å². The SMILES string of the molecule is CCSCC[C@H](N)C(=O)CC(=O)C(=O)[O-].CCSCC[C@H](N)C(=O)CC(=O)C(=O)[O-].CCSCC[C@H](N)C(=O)CC(=O)C(=O)[O-].CCSCC[C@H](N)C(=O)CC(=O)C(=O)[O-].[Ba+2].[Ba+2]. The Balaban J connectivity index is -0.000000167. The zero-order valence-corrected chi connectivity index (χ0v) is 47.7. The Morgan fingerprint density at radius 3 is 0.613 bits per heavy atom. The van der Waals surface area contributed by atoms with Crippen LogP contribution in [0.25, 0.3) is 0 Å². The summed E-state index contributed by atoms with van der Waals surface area (Å²) in [7, 11) is 0. The fraction of sp³-hybridized carbons (Fsp3) is 0.667. The van der Waals surface area contributed by atoms with Gasteiger partial charge in [0.15, 0.2) is 46.3 Å². The summed E-state index contributed by atoms with van der Waals surface area (Å²) in [6.07, 6.45) is -0.841. The van der Waals surface area contributed by atoms with Crippen LogP contribution in [0.1, 0.15) is 79.1 Å². The fourth-order valence-electron chi connectivity index (χ4n) is 3.51. The molecule has 4 atom stereocenters. The Morgan fingerprint density at radius 2 is 0.500 bits per heavy atom. The van der Waals surface area contributed by atoms with E-state index in [1.54, 1.807) is 47.0 Å². The molecule has 0 saturated heterocycles. The number of hydrogen-bond donors (Lipinski definition) is 4. The summed E-state index contributed by atoms with van der Waals surface area (Å²) in [6.45, 7) is 7.94. The number of aliphatic carboxylic acids is 4. The van der Waals surface area contributed by atoms with Gasteiger partial charge in [-0.15, -0.1) is 0 Å². The van der Waals surface area contributed by atoms with Crippen LogP contribution in [-0.4, -0.2) is 238 Å². The predicted octanol–water partition coefficient (Wildman–Crippen LogP) is -5.82. The minimum Gasteiger partial charge on any atom is -0.542 e. The normalized spacial score (nSPS) is 11.7. The van der Waals surface area contributed by atoms with Crippen LogP contribution in [0, 0.1) is 0 Å². The van der Waals surface area contributed by atoms with E-state index in [9.17, 15) is 78.0 Å². The Bertz CT molecular complexity index is 1240. The number of rotatable bonds is 32. The van der Waals surface area contributed by atoms with Crippen LogP contribution in [0.2, 0.25) is 0 Å². The van der Waals surface area contributed by atoms with Gasteiger partial charge in [0.1, 0.15) is 23.9 Å². The quantitative estimate of drug-likeness (QED) is 0.0211. The first kappa shape index (κ1) is 73.2. The summed E-state index contributed by atoms with van der Waals surface area (Å²) in [5, 5.41) is 40.2. The standard InChI is InChI=1S/4C9H15NO4S.2Ba/c4*1-2-15-4-3-6(10)7(11)5-8(12)9(13)14;;/h4*6H,2-5,10H2,1H3,(H,13,14);;/q;;;;2*+2/p-4/t4*6-;;/m0000../s1. The van der Waals surface area contributed by atoms with E-state index in [1.165, 1.54) is 0 Å². The van der Waals surface area contributed by atoms with E-state index < -0.39 is 120 Å². The fourth-order valence-corrected chi connectivity index (χ4v) is 6.35. The molecule has 0 aromatic carbocycles. The maximum absolute atomic E-state index is 11.2. The monoisotopic (exact) mass is 1200 g/mol. The van der Waals surface area contributed by atoms with Crippen LogP contribution in [-0.2, 0) is 57.5 Å². The van der Waals surface area contributed by atoms with E-state index in [0.717, 1.165) is 46.0 Å². The van der Waals surface area contributed by atoms with Crippen LogP contribution in [0.3, 0.4) is 0 Å². The summed E-state index contributed by atoms with van der Waals surface area (Å²) >= 11 is 6.53. The van der Waals surface area contributed by atoms with Gasteiger partial charge in [-0.2, -0.15) is 47.0 Å². The molecule has 0 aromatic heterocycles. The van der Waals surface area contributed by atoms with Gasteiger partial charge in [-0.05, 0) is 71.7 Å². The van der Waals surface area contributed by atoms with Gasteiger partial charge in [-0.1, -0.05) is 27.7 Å². The van der Waals surface area contributed by atoms with Crippen molar-refractivity contribution < 1.29 is 78.0 Å². The maximum Gasteiger partial charge on any atom is 2.00 e. The molecular weight excluding hydrogens is 1150 g/mol. The van der Waals surface area contributed by atoms with Crippen molar-refractivity contribution in [2.75, 3.05) is 46.0 Å². The summed E-state index contributed by atoms with van der Waals surface area (Å²) in [5.41, 5.74) is 21.9. The molecule has 0 bridgehead atoms. The molecule has 0 aromatic rings. The number of carbonyl (C=O) groups excluding carboxylic acids is 12. The molecule has 0 aliphatic heterocycles. The first-order valence-corrected chi connectivity index (χ1v) is 23.0. The van der Waals surface area contributed by atoms with E-state index in [0.29, 0.717) is 25.7 Å². The molecule has 0 unspecified atom stereocenters. The zero-order valence-electron chi connectivity index (χ0n) is 35.5.